The number of benzene rings is 1. The summed E-state index contributed by atoms with van der Waals surface area (Å²) in [5, 5.41) is 3.28. The number of carbonyl (C=O) groups is 1. The van der Waals surface area contributed by atoms with Crippen LogP contribution in [-0.4, -0.2) is 62.1 Å². The molecule has 25 heavy (non-hydrogen) atoms. The van der Waals surface area contributed by atoms with Crippen LogP contribution in [0.5, 0.6) is 5.75 Å². The molecule has 7 heteroatoms. The maximum atomic E-state index is 12.5. The summed E-state index contributed by atoms with van der Waals surface area (Å²) in [4.78, 5) is 17.0. The number of carbonyl (C=O) groups excluding carboxylic acids is 1. The lowest BCUT2D eigenvalue weighted by Crippen LogP contribution is -2.51. The number of hydrogen-bond donors (Lipinski definition) is 1. The highest BCUT2D eigenvalue weighted by Gasteiger charge is 2.30. The highest BCUT2D eigenvalue weighted by atomic mass is 35.5. The monoisotopic (exact) mass is 389 g/mol. The summed E-state index contributed by atoms with van der Waals surface area (Å²) in [6, 6.07) is 8.61. The highest BCUT2D eigenvalue weighted by Crippen LogP contribution is 2.25. The SMILES string of the molecule is COc1cccc(C(C)N2CCN(C(=O)C3CCNC3)CC2)c1.Cl.Cl. The van der Waals surface area contributed by atoms with Gasteiger partial charge in [0.2, 0.25) is 5.91 Å². The van der Waals surface area contributed by atoms with Gasteiger partial charge in [0.1, 0.15) is 5.75 Å². The van der Waals surface area contributed by atoms with Gasteiger partial charge in [-0.05, 0) is 37.6 Å². The number of piperazine rings is 1. The van der Waals surface area contributed by atoms with Crippen molar-refractivity contribution in [3.8, 4) is 5.75 Å². The molecule has 1 N–H and O–H groups in total. The van der Waals surface area contributed by atoms with Gasteiger partial charge in [-0.3, -0.25) is 9.69 Å². The van der Waals surface area contributed by atoms with E-state index in [1.165, 1.54) is 5.56 Å². The van der Waals surface area contributed by atoms with Gasteiger partial charge in [0.15, 0.2) is 0 Å². The van der Waals surface area contributed by atoms with Crippen molar-refractivity contribution in [1.82, 2.24) is 15.1 Å². The third-order valence-electron chi connectivity index (χ3n) is 5.16. The zero-order chi connectivity index (χ0) is 16.2. The highest BCUT2D eigenvalue weighted by molar-refractivity contribution is 5.85. The van der Waals surface area contributed by atoms with Gasteiger partial charge in [-0.25, -0.2) is 0 Å². The average Bonchev–Trinajstić information content (AvgIpc) is 3.15. The van der Waals surface area contributed by atoms with Gasteiger partial charge < -0.3 is 15.0 Å². The fourth-order valence-electron chi connectivity index (χ4n) is 3.57. The van der Waals surface area contributed by atoms with Crippen LogP contribution in [0.1, 0.15) is 24.9 Å². The Kier molecular flexibility index (Phi) is 9.00. The Morgan fingerprint density at radius 1 is 1.24 bits per heavy atom. The average molecular weight is 390 g/mol. The Balaban J connectivity index is 0.00000156. The van der Waals surface area contributed by atoms with Crippen LogP contribution in [0.15, 0.2) is 24.3 Å². The Morgan fingerprint density at radius 3 is 2.56 bits per heavy atom. The van der Waals surface area contributed by atoms with Gasteiger partial charge in [-0.1, -0.05) is 12.1 Å². The molecule has 2 aliphatic heterocycles. The van der Waals surface area contributed by atoms with Crippen LogP contribution in [0, 0.1) is 5.92 Å². The van der Waals surface area contributed by atoms with Crippen molar-refractivity contribution >= 4 is 30.7 Å². The molecule has 2 heterocycles. The molecule has 1 aromatic carbocycles. The van der Waals surface area contributed by atoms with Gasteiger partial charge in [0.25, 0.3) is 0 Å². The van der Waals surface area contributed by atoms with Gasteiger partial charge in [0, 0.05) is 38.8 Å². The first-order valence-electron chi connectivity index (χ1n) is 8.56. The van der Waals surface area contributed by atoms with E-state index in [4.69, 9.17) is 4.74 Å². The topological polar surface area (TPSA) is 44.8 Å². The van der Waals surface area contributed by atoms with Crippen LogP contribution in [0.4, 0.5) is 0 Å². The van der Waals surface area contributed by atoms with Crippen molar-refractivity contribution in [1.29, 1.82) is 0 Å². The smallest absolute Gasteiger partial charge is 0.227 e. The maximum absolute atomic E-state index is 12.5. The zero-order valence-corrected chi connectivity index (χ0v) is 16.6. The standard InChI is InChI=1S/C18H27N3O2.2ClH/c1-14(15-4-3-5-17(12-15)23-2)20-8-10-21(11-9-20)18(22)16-6-7-19-13-16;;/h3-5,12,14,16,19H,6-11,13H2,1-2H3;2*1H. The first kappa shape index (κ1) is 22.0. The van der Waals surface area contributed by atoms with E-state index in [1.54, 1.807) is 7.11 Å². The summed E-state index contributed by atoms with van der Waals surface area (Å²) in [6.07, 6.45) is 0.985. The second-order valence-corrected chi connectivity index (χ2v) is 6.50. The molecule has 0 saturated carbocycles. The lowest BCUT2D eigenvalue weighted by atomic mass is 10.0. The van der Waals surface area contributed by atoms with Gasteiger partial charge in [0.05, 0.1) is 13.0 Å². The molecule has 0 spiro atoms. The quantitative estimate of drug-likeness (QED) is 0.858. The van der Waals surface area contributed by atoms with E-state index < -0.39 is 0 Å². The van der Waals surface area contributed by atoms with E-state index in [2.05, 4.69) is 29.3 Å². The Morgan fingerprint density at radius 2 is 1.96 bits per heavy atom. The zero-order valence-electron chi connectivity index (χ0n) is 14.9. The van der Waals surface area contributed by atoms with E-state index in [9.17, 15) is 4.79 Å². The molecule has 2 aliphatic rings. The summed E-state index contributed by atoms with van der Waals surface area (Å²) >= 11 is 0. The van der Waals surface area contributed by atoms with Crippen LogP contribution >= 0.6 is 24.8 Å². The Bertz CT molecular complexity index is 545. The molecule has 2 atom stereocenters. The molecule has 0 bridgehead atoms. The van der Waals surface area contributed by atoms with Crippen molar-refractivity contribution in [3.63, 3.8) is 0 Å². The summed E-state index contributed by atoms with van der Waals surface area (Å²) in [6.45, 7) is 7.59. The third-order valence-corrected chi connectivity index (χ3v) is 5.16. The molecule has 1 aromatic rings. The predicted molar refractivity (Wildman–Crippen MR) is 105 cm³/mol. The first-order chi connectivity index (χ1) is 11.2. The number of halogens is 2. The second-order valence-electron chi connectivity index (χ2n) is 6.50. The summed E-state index contributed by atoms with van der Waals surface area (Å²) < 4.78 is 5.32. The second kappa shape index (κ2) is 10.2. The van der Waals surface area contributed by atoms with Crippen molar-refractivity contribution in [3.05, 3.63) is 29.8 Å². The predicted octanol–water partition coefficient (Wildman–Crippen LogP) is 2.35. The minimum Gasteiger partial charge on any atom is -0.497 e. The molecular formula is C18H29Cl2N3O2. The molecule has 1 amide bonds. The van der Waals surface area contributed by atoms with E-state index in [0.29, 0.717) is 11.9 Å². The molecule has 0 aromatic heterocycles. The van der Waals surface area contributed by atoms with Crippen LogP contribution in [0.3, 0.4) is 0 Å². The number of ether oxygens (including phenoxy) is 1. The van der Waals surface area contributed by atoms with Crippen LogP contribution in [0.2, 0.25) is 0 Å². The van der Waals surface area contributed by atoms with Crippen molar-refractivity contribution < 1.29 is 9.53 Å². The molecular weight excluding hydrogens is 361 g/mol. The van der Waals surface area contributed by atoms with E-state index >= 15 is 0 Å². The molecule has 2 fully saturated rings. The first-order valence-corrected chi connectivity index (χ1v) is 8.56. The number of amides is 1. The number of nitrogens with zero attached hydrogens (tertiary/aromatic N) is 2. The summed E-state index contributed by atoms with van der Waals surface area (Å²) in [5.41, 5.74) is 1.27. The van der Waals surface area contributed by atoms with Gasteiger partial charge in [-0.2, -0.15) is 0 Å². The normalized spacial score (nSPS) is 21.8. The van der Waals surface area contributed by atoms with Gasteiger partial charge in [-0.15, -0.1) is 24.8 Å². The van der Waals surface area contributed by atoms with E-state index in [0.717, 1.165) is 51.4 Å². The fourth-order valence-corrected chi connectivity index (χ4v) is 3.57. The minimum absolute atomic E-state index is 0. The Labute approximate surface area is 162 Å². The number of nitrogens with one attached hydrogen (secondary N) is 1. The lowest BCUT2D eigenvalue weighted by molar-refractivity contribution is -0.137. The Hall–Kier alpha value is -1.01. The molecule has 2 saturated heterocycles. The number of methoxy groups -OCH3 is 1. The minimum atomic E-state index is 0. The molecule has 0 radical (unpaired) electrons. The number of rotatable bonds is 4. The summed E-state index contributed by atoms with van der Waals surface area (Å²) in [5.74, 6) is 1.43. The fraction of sp³-hybridized carbons (Fsp3) is 0.611. The van der Waals surface area contributed by atoms with Crippen molar-refractivity contribution in [2.45, 2.75) is 19.4 Å². The van der Waals surface area contributed by atoms with E-state index in [1.807, 2.05) is 17.0 Å². The largest absolute Gasteiger partial charge is 0.497 e. The van der Waals surface area contributed by atoms with Crippen LogP contribution < -0.4 is 10.1 Å². The lowest BCUT2D eigenvalue weighted by Gasteiger charge is -2.39. The van der Waals surface area contributed by atoms with E-state index in [-0.39, 0.29) is 30.7 Å². The van der Waals surface area contributed by atoms with Crippen LogP contribution in [0.25, 0.3) is 0 Å². The molecule has 2 unspecified atom stereocenters. The third kappa shape index (κ3) is 5.23. The van der Waals surface area contributed by atoms with Crippen molar-refractivity contribution in [2.75, 3.05) is 46.4 Å². The van der Waals surface area contributed by atoms with Crippen molar-refractivity contribution in [2.24, 2.45) is 5.92 Å². The maximum Gasteiger partial charge on any atom is 0.227 e. The van der Waals surface area contributed by atoms with Crippen LogP contribution in [-0.2, 0) is 4.79 Å². The molecule has 142 valence electrons. The summed E-state index contributed by atoms with van der Waals surface area (Å²) in [7, 11) is 1.70. The molecule has 0 aliphatic carbocycles. The molecule has 3 rings (SSSR count). The number of hydrogen-bond acceptors (Lipinski definition) is 4. The van der Waals surface area contributed by atoms with Gasteiger partial charge >= 0.3 is 0 Å². The molecule has 5 nitrogen and oxygen atoms in total.